The molecule has 0 radical (unpaired) electrons. The maximum Gasteiger partial charge on any atom is 0.207 e. The summed E-state index contributed by atoms with van der Waals surface area (Å²) >= 11 is 3.42. The quantitative estimate of drug-likeness (QED) is 0.269. The van der Waals surface area contributed by atoms with Crippen molar-refractivity contribution >= 4 is 49.8 Å². The molecule has 0 saturated heterocycles. The van der Waals surface area contributed by atoms with Crippen LogP contribution in [-0.2, 0) is 5.41 Å². The molecule has 4 heteroatoms. The number of aryl methyl sites for hydroxylation is 3. The van der Waals surface area contributed by atoms with Crippen LogP contribution < -0.4 is 9.64 Å². The monoisotopic (exact) mass is 419 g/mol. The van der Waals surface area contributed by atoms with Crippen molar-refractivity contribution in [2.75, 3.05) is 4.90 Å². The van der Waals surface area contributed by atoms with Crippen molar-refractivity contribution in [1.29, 1.82) is 0 Å². The average molecular weight is 420 g/mol. The van der Waals surface area contributed by atoms with E-state index in [1.807, 2.05) is 0 Å². The Morgan fingerprint density at radius 1 is 0.862 bits per heavy atom. The number of ether oxygens (including phenoxy) is 1. The zero-order valence-electron chi connectivity index (χ0n) is 17.7. The van der Waals surface area contributed by atoms with E-state index in [1.54, 1.807) is 22.7 Å². The van der Waals surface area contributed by atoms with Crippen LogP contribution in [0.4, 0.5) is 17.1 Å². The highest BCUT2D eigenvalue weighted by Gasteiger charge is 2.33. The van der Waals surface area contributed by atoms with E-state index in [0.717, 1.165) is 15.8 Å². The van der Waals surface area contributed by atoms with Crippen LogP contribution in [0.25, 0.3) is 10.1 Å². The van der Waals surface area contributed by atoms with E-state index in [4.69, 9.17) is 4.74 Å². The van der Waals surface area contributed by atoms with Gasteiger partial charge in [-0.2, -0.15) is 0 Å². The van der Waals surface area contributed by atoms with E-state index in [0.29, 0.717) is 0 Å². The summed E-state index contributed by atoms with van der Waals surface area (Å²) in [5.41, 5.74) is 8.98. The highest BCUT2D eigenvalue weighted by atomic mass is 32.1. The first-order valence-electron chi connectivity index (χ1n) is 9.95. The lowest BCUT2D eigenvalue weighted by atomic mass is 9.84. The first-order chi connectivity index (χ1) is 13.8. The van der Waals surface area contributed by atoms with Crippen LogP contribution in [0.1, 0.15) is 43.0 Å². The number of benzene rings is 2. The van der Waals surface area contributed by atoms with E-state index < -0.39 is 0 Å². The van der Waals surface area contributed by atoms with Crippen molar-refractivity contribution in [3.8, 4) is 10.1 Å². The minimum Gasteiger partial charge on any atom is -0.431 e. The first kappa shape index (κ1) is 18.7. The SMILES string of the molecule is Cc1cc(C(C)(C)C)cc(C)c1N1c2ccsc2Oc2sc3c(C)cccc3c21. The van der Waals surface area contributed by atoms with Gasteiger partial charge in [0.15, 0.2) is 0 Å². The molecule has 2 aromatic heterocycles. The topological polar surface area (TPSA) is 12.5 Å². The molecule has 5 rings (SSSR count). The summed E-state index contributed by atoms with van der Waals surface area (Å²) in [6, 6.07) is 13.4. The Balaban J connectivity index is 1.82. The van der Waals surface area contributed by atoms with Crippen LogP contribution in [0.5, 0.6) is 10.1 Å². The Morgan fingerprint density at radius 2 is 1.59 bits per heavy atom. The second kappa shape index (κ2) is 6.35. The van der Waals surface area contributed by atoms with Crippen molar-refractivity contribution in [2.45, 2.75) is 47.0 Å². The van der Waals surface area contributed by atoms with Crippen LogP contribution in [0, 0.1) is 20.8 Å². The lowest BCUT2D eigenvalue weighted by molar-refractivity contribution is 0.506. The van der Waals surface area contributed by atoms with Crippen LogP contribution in [0.15, 0.2) is 41.8 Å². The summed E-state index contributed by atoms with van der Waals surface area (Å²) in [5.74, 6) is 0. The molecule has 0 amide bonds. The minimum atomic E-state index is 0.129. The summed E-state index contributed by atoms with van der Waals surface area (Å²) in [7, 11) is 0. The smallest absolute Gasteiger partial charge is 0.207 e. The molecule has 0 atom stereocenters. The Bertz CT molecular complexity index is 1230. The second-order valence-electron chi connectivity index (χ2n) is 8.93. The molecule has 0 fully saturated rings. The lowest BCUT2D eigenvalue weighted by Gasteiger charge is -2.33. The average Bonchev–Trinajstić information content (AvgIpc) is 3.24. The molecule has 0 saturated carbocycles. The minimum absolute atomic E-state index is 0.129. The van der Waals surface area contributed by atoms with Gasteiger partial charge in [-0.25, -0.2) is 0 Å². The standard InChI is InChI=1S/C25H25NOS2/c1-14-8-7-9-18-21-24(29-22(14)18)27-23-19(10-11-28-23)26(21)20-15(2)12-17(13-16(20)3)25(4,5)6/h7-13H,1-6H3. The summed E-state index contributed by atoms with van der Waals surface area (Å²) < 4.78 is 7.67. The van der Waals surface area contributed by atoms with Gasteiger partial charge in [-0.05, 0) is 59.9 Å². The number of rotatable bonds is 1. The van der Waals surface area contributed by atoms with Crippen LogP contribution in [0.3, 0.4) is 0 Å². The predicted molar refractivity (Wildman–Crippen MR) is 127 cm³/mol. The summed E-state index contributed by atoms with van der Waals surface area (Å²) in [6.45, 7) is 13.5. The fourth-order valence-corrected chi connectivity index (χ4v) is 6.11. The van der Waals surface area contributed by atoms with Crippen molar-refractivity contribution in [1.82, 2.24) is 0 Å². The molecule has 0 aliphatic carbocycles. The van der Waals surface area contributed by atoms with E-state index >= 15 is 0 Å². The fraction of sp³-hybridized carbons (Fsp3) is 0.280. The number of thiophene rings is 2. The molecule has 0 spiro atoms. The zero-order valence-corrected chi connectivity index (χ0v) is 19.3. The molecule has 2 aromatic carbocycles. The largest absolute Gasteiger partial charge is 0.431 e. The lowest BCUT2D eigenvalue weighted by Crippen LogP contribution is -2.18. The van der Waals surface area contributed by atoms with Crippen LogP contribution in [0.2, 0.25) is 0 Å². The van der Waals surface area contributed by atoms with Gasteiger partial charge in [0.25, 0.3) is 0 Å². The Hall–Kier alpha value is -2.30. The third-order valence-electron chi connectivity index (χ3n) is 5.70. The Kier molecular flexibility index (Phi) is 4.10. The molecule has 1 aliphatic heterocycles. The first-order valence-corrected chi connectivity index (χ1v) is 11.6. The predicted octanol–water partition coefficient (Wildman–Crippen LogP) is 8.76. The highest BCUT2D eigenvalue weighted by Crippen LogP contribution is 2.59. The summed E-state index contributed by atoms with van der Waals surface area (Å²) in [4.78, 5) is 2.43. The molecular formula is C25H25NOS2. The summed E-state index contributed by atoms with van der Waals surface area (Å²) in [5, 5.41) is 5.35. The molecule has 29 heavy (non-hydrogen) atoms. The van der Waals surface area contributed by atoms with Gasteiger partial charge in [-0.1, -0.05) is 62.4 Å². The third kappa shape index (κ3) is 2.81. The van der Waals surface area contributed by atoms with Gasteiger partial charge in [-0.3, -0.25) is 0 Å². The normalized spacial score (nSPS) is 13.4. The van der Waals surface area contributed by atoms with Crippen molar-refractivity contribution < 1.29 is 4.74 Å². The van der Waals surface area contributed by atoms with Crippen LogP contribution >= 0.6 is 22.7 Å². The maximum atomic E-state index is 6.36. The Labute approximate surface area is 180 Å². The second-order valence-corrected chi connectivity index (χ2v) is 10.8. The number of hydrogen-bond donors (Lipinski definition) is 0. The van der Waals surface area contributed by atoms with E-state index in [-0.39, 0.29) is 5.41 Å². The molecule has 1 aliphatic rings. The number of nitrogens with zero attached hydrogens (tertiary/aromatic N) is 1. The van der Waals surface area contributed by atoms with E-state index in [9.17, 15) is 0 Å². The molecule has 0 bridgehead atoms. The summed E-state index contributed by atoms with van der Waals surface area (Å²) in [6.07, 6.45) is 0. The van der Waals surface area contributed by atoms with Crippen molar-refractivity contribution in [3.63, 3.8) is 0 Å². The molecule has 4 aromatic rings. The van der Waals surface area contributed by atoms with Gasteiger partial charge in [0.1, 0.15) is 11.4 Å². The van der Waals surface area contributed by atoms with Crippen molar-refractivity contribution in [2.24, 2.45) is 0 Å². The molecular weight excluding hydrogens is 394 g/mol. The van der Waals surface area contributed by atoms with Gasteiger partial charge in [0, 0.05) is 10.1 Å². The highest BCUT2D eigenvalue weighted by molar-refractivity contribution is 7.22. The van der Waals surface area contributed by atoms with E-state index in [2.05, 4.69) is 88.2 Å². The number of fused-ring (bicyclic) bond motifs is 4. The third-order valence-corrected chi connectivity index (χ3v) is 7.68. The zero-order chi connectivity index (χ0) is 20.5. The van der Waals surface area contributed by atoms with Gasteiger partial charge < -0.3 is 9.64 Å². The van der Waals surface area contributed by atoms with Gasteiger partial charge >= 0.3 is 0 Å². The van der Waals surface area contributed by atoms with Gasteiger partial charge in [0.05, 0.1) is 5.69 Å². The van der Waals surface area contributed by atoms with Gasteiger partial charge in [0.2, 0.25) is 10.1 Å². The number of anilines is 3. The molecule has 0 N–H and O–H groups in total. The molecule has 148 valence electrons. The maximum absolute atomic E-state index is 6.36. The Morgan fingerprint density at radius 3 is 2.28 bits per heavy atom. The van der Waals surface area contributed by atoms with Crippen LogP contribution in [-0.4, -0.2) is 0 Å². The molecule has 3 heterocycles. The fourth-order valence-electron chi connectivity index (χ4n) is 4.22. The molecule has 2 nitrogen and oxygen atoms in total. The van der Waals surface area contributed by atoms with Gasteiger partial charge in [-0.15, -0.1) is 11.3 Å². The number of hydrogen-bond acceptors (Lipinski definition) is 4. The van der Waals surface area contributed by atoms with Crippen molar-refractivity contribution in [3.05, 3.63) is 64.0 Å². The van der Waals surface area contributed by atoms with E-state index in [1.165, 1.54) is 43.7 Å². The molecule has 0 unspecified atom stereocenters.